The first kappa shape index (κ1) is 17.2. The van der Waals surface area contributed by atoms with Gasteiger partial charge in [-0.15, -0.1) is 0 Å². The lowest BCUT2D eigenvalue weighted by Gasteiger charge is -2.26. The molecule has 0 N–H and O–H groups in total. The molecule has 4 rings (SSSR count). The van der Waals surface area contributed by atoms with Gasteiger partial charge >= 0.3 is 0 Å². The van der Waals surface area contributed by atoms with E-state index >= 15 is 0 Å². The normalized spacial score (nSPS) is 16.2. The van der Waals surface area contributed by atoms with Crippen LogP contribution in [0.15, 0.2) is 53.6 Å². The number of benzene rings is 1. The fraction of sp³-hybridized carbons (Fsp3) is 0.316. The number of aromatic nitrogens is 2. The van der Waals surface area contributed by atoms with E-state index in [0.29, 0.717) is 37.7 Å². The maximum absolute atomic E-state index is 12.7. The minimum atomic E-state index is -3.45. The smallest absolute Gasteiger partial charge is 0.243 e. The first-order valence-corrected chi connectivity index (χ1v) is 10.1. The Morgan fingerprint density at radius 3 is 2.58 bits per heavy atom. The predicted molar refractivity (Wildman–Crippen MR) is 99.6 cm³/mol. The maximum Gasteiger partial charge on any atom is 0.243 e. The number of sulfonamides is 1. The molecule has 1 aliphatic heterocycles. The molecule has 3 aromatic rings. The summed E-state index contributed by atoms with van der Waals surface area (Å²) in [5.74, 6) is 0. The molecule has 0 aliphatic carbocycles. The number of morpholine rings is 1. The van der Waals surface area contributed by atoms with Gasteiger partial charge in [0.05, 0.1) is 18.1 Å². The first-order valence-electron chi connectivity index (χ1n) is 8.63. The summed E-state index contributed by atoms with van der Waals surface area (Å²) in [6.45, 7) is 4.42. The lowest BCUT2D eigenvalue weighted by atomic mass is 10.2. The molecule has 1 saturated heterocycles. The van der Waals surface area contributed by atoms with Gasteiger partial charge in [0.2, 0.25) is 10.0 Å². The zero-order valence-electron chi connectivity index (χ0n) is 14.6. The Hall–Kier alpha value is -2.22. The molecule has 1 aromatic carbocycles. The lowest BCUT2D eigenvalue weighted by molar-refractivity contribution is 0.0730. The van der Waals surface area contributed by atoms with Crippen molar-refractivity contribution in [2.75, 3.05) is 26.3 Å². The summed E-state index contributed by atoms with van der Waals surface area (Å²) in [6.07, 6.45) is 1.79. The Balaban J connectivity index is 1.59. The third kappa shape index (κ3) is 3.13. The summed E-state index contributed by atoms with van der Waals surface area (Å²) in [7, 11) is -3.45. The van der Waals surface area contributed by atoms with Crippen molar-refractivity contribution in [3.63, 3.8) is 0 Å². The molecule has 26 heavy (non-hydrogen) atoms. The molecular formula is C19H21N3O3S. The van der Waals surface area contributed by atoms with Crippen LogP contribution in [0.3, 0.4) is 0 Å². The van der Waals surface area contributed by atoms with Gasteiger partial charge in [0.15, 0.2) is 0 Å². The Kier molecular flexibility index (Phi) is 4.52. The van der Waals surface area contributed by atoms with Crippen LogP contribution < -0.4 is 0 Å². The van der Waals surface area contributed by atoms with Crippen molar-refractivity contribution < 1.29 is 13.2 Å². The standard InChI is InChI=1S/C19H21N3O3S/c1-15-13-17-3-2-8-20-19(17)22(15)14-16-4-6-18(7-5-16)26(23,24)21-9-11-25-12-10-21/h2-8,13H,9-12,14H2,1H3. The summed E-state index contributed by atoms with van der Waals surface area (Å²) in [5.41, 5.74) is 3.11. The summed E-state index contributed by atoms with van der Waals surface area (Å²) in [6, 6.07) is 13.2. The minimum Gasteiger partial charge on any atom is -0.379 e. The minimum absolute atomic E-state index is 0.329. The monoisotopic (exact) mass is 371 g/mol. The molecule has 0 unspecified atom stereocenters. The van der Waals surface area contributed by atoms with Crippen LogP contribution in [-0.2, 0) is 21.3 Å². The van der Waals surface area contributed by atoms with E-state index in [-0.39, 0.29) is 0 Å². The molecule has 136 valence electrons. The average Bonchev–Trinajstić information content (AvgIpc) is 2.98. The number of nitrogens with zero attached hydrogens (tertiary/aromatic N) is 3. The van der Waals surface area contributed by atoms with Gasteiger partial charge in [-0.05, 0) is 42.8 Å². The highest BCUT2D eigenvalue weighted by Crippen LogP contribution is 2.21. The Morgan fingerprint density at radius 2 is 1.85 bits per heavy atom. The average molecular weight is 371 g/mol. The maximum atomic E-state index is 12.7. The Morgan fingerprint density at radius 1 is 1.12 bits per heavy atom. The van der Waals surface area contributed by atoms with Gasteiger partial charge < -0.3 is 9.30 Å². The second kappa shape index (κ2) is 6.83. The molecule has 3 heterocycles. The van der Waals surface area contributed by atoms with Crippen LogP contribution in [0.4, 0.5) is 0 Å². The second-order valence-corrected chi connectivity index (χ2v) is 8.39. The highest BCUT2D eigenvalue weighted by molar-refractivity contribution is 7.89. The topological polar surface area (TPSA) is 64.4 Å². The van der Waals surface area contributed by atoms with E-state index in [1.54, 1.807) is 18.3 Å². The van der Waals surface area contributed by atoms with E-state index < -0.39 is 10.0 Å². The first-order chi connectivity index (χ1) is 12.6. The van der Waals surface area contributed by atoms with Gasteiger partial charge in [0, 0.05) is 36.9 Å². The molecule has 0 bridgehead atoms. The van der Waals surface area contributed by atoms with Crippen LogP contribution in [0.2, 0.25) is 0 Å². The van der Waals surface area contributed by atoms with Gasteiger partial charge in [-0.2, -0.15) is 4.31 Å². The molecule has 7 heteroatoms. The highest BCUT2D eigenvalue weighted by atomic mass is 32.2. The number of hydrogen-bond acceptors (Lipinski definition) is 4. The number of fused-ring (bicyclic) bond motifs is 1. The van der Waals surface area contributed by atoms with Crippen molar-refractivity contribution in [1.29, 1.82) is 0 Å². The number of hydrogen-bond donors (Lipinski definition) is 0. The van der Waals surface area contributed by atoms with Crippen molar-refractivity contribution in [3.05, 3.63) is 59.9 Å². The van der Waals surface area contributed by atoms with Crippen molar-refractivity contribution in [2.45, 2.75) is 18.4 Å². The van der Waals surface area contributed by atoms with Gasteiger partial charge in [-0.3, -0.25) is 0 Å². The number of pyridine rings is 1. The number of rotatable bonds is 4. The van der Waals surface area contributed by atoms with Crippen LogP contribution in [-0.4, -0.2) is 48.6 Å². The van der Waals surface area contributed by atoms with Crippen molar-refractivity contribution in [1.82, 2.24) is 13.9 Å². The number of aryl methyl sites for hydroxylation is 1. The number of ether oxygens (including phenoxy) is 1. The van der Waals surface area contributed by atoms with E-state index in [9.17, 15) is 8.42 Å². The van der Waals surface area contributed by atoms with Crippen LogP contribution in [0, 0.1) is 6.92 Å². The molecule has 0 radical (unpaired) electrons. The van der Waals surface area contributed by atoms with Gasteiger partial charge in [-0.25, -0.2) is 13.4 Å². The summed E-state index contributed by atoms with van der Waals surface area (Å²) in [5, 5.41) is 1.11. The van der Waals surface area contributed by atoms with E-state index in [0.717, 1.165) is 22.3 Å². The molecular weight excluding hydrogens is 350 g/mol. The fourth-order valence-corrected chi connectivity index (χ4v) is 4.71. The van der Waals surface area contributed by atoms with Crippen LogP contribution >= 0.6 is 0 Å². The zero-order chi connectivity index (χ0) is 18.1. The molecule has 1 aliphatic rings. The molecule has 1 fully saturated rings. The SMILES string of the molecule is Cc1cc2cccnc2n1Cc1ccc(S(=O)(=O)N2CCOCC2)cc1. The van der Waals surface area contributed by atoms with Gasteiger partial charge in [0.1, 0.15) is 5.65 Å². The third-order valence-corrected chi connectivity index (χ3v) is 6.65. The van der Waals surface area contributed by atoms with Crippen LogP contribution in [0.25, 0.3) is 11.0 Å². The molecule has 0 amide bonds. The Bertz CT molecular complexity index is 1020. The van der Waals surface area contributed by atoms with E-state index in [1.165, 1.54) is 4.31 Å². The fourth-order valence-electron chi connectivity index (χ4n) is 3.30. The largest absolute Gasteiger partial charge is 0.379 e. The summed E-state index contributed by atoms with van der Waals surface area (Å²) in [4.78, 5) is 4.79. The molecule has 2 aromatic heterocycles. The molecule has 0 spiro atoms. The van der Waals surface area contributed by atoms with E-state index in [2.05, 4.69) is 22.5 Å². The molecule has 0 atom stereocenters. The molecule has 0 saturated carbocycles. The van der Waals surface area contributed by atoms with Gasteiger partial charge in [0.25, 0.3) is 0 Å². The summed E-state index contributed by atoms with van der Waals surface area (Å²) < 4.78 is 34.3. The van der Waals surface area contributed by atoms with Crippen molar-refractivity contribution >= 4 is 21.1 Å². The third-order valence-electron chi connectivity index (χ3n) is 4.73. The van der Waals surface area contributed by atoms with Crippen molar-refractivity contribution in [3.8, 4) is 0 Å². The van der Waals surface area contributed by atoms with Gasteiger partial charge in [-0.1, -0.05) is 12.1 Å². The van der Waals surface area contributed by atoms with E-state index in [1.807, 2.05) is 24.3 Å². The van der Waals surface area contributed by atoms with Crippen LogP contribution in [0.5, 0.6) is 0 Å². The lowest BCUT2D eigenvalue weighted by Crippen LogP contribution is -2.40. The zero-order valence-corrected chi connectivity index (χ0v) is 15.4. The van der Waals surface area contributed by atoms with Crippen LogP contribution in [0.1, 0.15) is 11.3 Å². The Labute approximate surface area is 153 Å². The highest BCUT2D eigenvalue weighted by Gasteiger charge is 2.26. The van der Waals surface area contributed by atoms with E-state index in [4.69, 9.17) is 4.74 Å². The predicted octanol–water partition coefficient (Wildman–Crippen LogP) is 2.41. The quantitative estimate of drug-likeness (QED) is 0.706. The molecule has 6 nitrogen and oxygen atoms in total. The second-order valence-electron chi connectivity index (χ2n) is 6.45. The summed E-state index contributed by atoms with van der Waals surface area (Å²) >= 11 is 0. The van der Waals surface area contributed by atoms with Crippen molar-refractivity contribution in [2.24, 2.45) is 0 Å².